The molecule has 1 atom stereocenters. The van der Waals surface area contributed by atoms with E-state index in [1.165, 1.54) is 5.56 Å². The highest BCUT2D eigenvalue weighted by Crippen LogP contribution is 2.41. The molecule has 0 saturated heterocycles. The predicted molar refractivity (Wildman–Crippen MR) is 125 cm³/mol. The summed E-state index contributed by atoms with van der Waals surface area (Å²) >= 11 is 0. The number of nitrogens with zero attached hydrogens (tertiary/aromatic N) is 3. The van der Waals surface area contributed by atoms with E-state index in [1.807, 2.05) is 41.8 Å². The molecule has 0 radical (unpaired) electrons. The standard InChI is InChI=1S/C24H27N3O3.ClH/c1-14-7-8-19(15(2)9-14)25-23-12-20-18-11-22(30-6)21(29-5)10-17(18)16(3)13-27(20)24(28)26(23)4;/h7-12,16H,13H2,1-6H3;1H. The van der Waals surface area contributed by atoms with Crippen molar-refractivity contribution in [3.05, 3.63) is 69.1 Å². The van der Waals surface area contributed by atoms with E-state index >= 15 is 0 Å². The molecular formula is C24H28ClN3O3. The zero-order valence-corrected chi connectivity index (χ0v) is 19.5. The molecule has 1 aliphatic heterocycles. The summed E-state index contributed by atoms with van der Waals surface area (Å²) in [6.45, 7) is 6.81. The smallest absolute Gasteiger partial charge is 0.329 e. The molecule has 0 bridgehead atoms. The first-order valence-corrected chi connectivity index (χ1v) is 10.0. The van der Waals surface area contributed by atoms with Crippen molar-refractivity contribution >= 4 is 18.1 Å². The maximum absolute atomic E-state index is 13.2. The highest BCUT2D eigenvalue weighted by Gasteiger charge is 2.26. The summed E-state index contributed by atoms with van der Waals surface area (Å²) in [5, 5.41) is 0. The lowest BCUT2D eigenvalue weighted by atomic mass is 9.89. The molecule has 4 rings (SSSR count). The van der Waals surface area contributed by atoms with Crippen LogP contribution in [0.2, 0.25) is 0 Å². The van der Waals surface area contributed by atoms with Gasteiger partial charge in [0, 0.05) is 31.1 Å². The molecule has 164 valence electrons. The summed E-state index contributed by atoms with van der Waals surface area (Å²) in [5.74, 6) is 1.51. The molecular weight excluding hydrogens is 414 g/mol. The quantitative estimate of drug-likeness (QED) is 0.610. The van der Waals surface area contributed by atoms with Crippen LogP contribution in [0.15, 0.2) is 46.2 Å². The Hall–Kier alpha value is -2.99. The highest BCUT2D eigenvalue weighted by atomic mass is 35.5. The maximum atomic E-state index is 13.2. The number of halogens is 1. The number of aromatic nitrogens is 2. The Labute approximate surface area is 188 Å². The van der Waals surface area contributed by atoms with Gasteiger partial charge in [0.1, 0.15) is 5.49 Å². The van der Waals surface area contributed by atoms with Crippen LogP contribution >= 0.6 is 12.4 Å². The van der Waals surface area contributed by atoms with Crippen LogP contribution < -0.4 is 20.7 Å². The number of methoxy groups -OCH3 is 2. The number of aryl methyl sites for hydroxylation is 2. The average Bonchev–Trinajstić information content (AvgIpc) is 2.73. The van der Waals surface area contributed by atoms with Crippen LogP contribution in [-0.4, -0.2) is 23.4 Å². The van der Waals surface area contributed by atoms with Crippen LogP contribution in [0.5, 0.6) is 11.5 Å². The van der Waals surface area contributed by atoms with Crippen LogP contribution in [0.3, 0.4) is 0 Å². The van der Waals surface area contributed by atoms with Gasteiger partial charge < -0.3 is 9.47 Å². The summed E-state index contributed by atoms with van der Waals surface area (Å²) in [7, 11) is 5.03. The van der Waals surface area contributed by atoms with E-state index in [0.29, 0.717) is 23.5 Å². The van der Waals surface area contributed by atoms with E-state index < -0.39 is 0 Å². The molecule has 0 spiro atoms. The molecule has 2 heterocycles. The van der Waals surface area contributed by atoms with E-state index in [9.17, 15) is 4.79 Å². The molecule has 0 fully saturated rings. The molecule has 0 amide bonds. The number of hydrogen-bond donors (Lipinski definition) is 0. The van der Waals surface area contributed by atoms with Crippen LogP contribution in [0.25, 0.3) is 11.3 Å². The molecule has 0 N–H and O–H groups in total. The number of ether oxygens (including phenoxy) is 2. The fourth-order valence-electron chi connectivity index (χ4n) is 4.14. The van der Waals surface area contributed by atoms with Gasteiger partial charge in [-0.3, -0.25) is 9.13 Å². The van der Waals surface area contributed by atoms with E-state index in [-0.39, 0.29) is 24.0 Å². The van der Waals surface area contributed by atoms with Gasteiger partial charge in [-0.25, -0.2) is 9.79 Å². The van der Waals surface area contributed by atoms with E-state index in [2.05, 4.69) is 19.9 Å². The van der Waals surface area contributed by atoms with Crippen LogP contribution in [-0.2, 0) is 13.6 Å². The molecule has 1 unspecified atom stereocenters. The molecule has 2 aromatic carbocycles. The van der Waals surface area contributed by atoms with Gasteiger partial charge in [-0.2, -0.15) is 0 Å². The van der Waals surface area contributed by atoms with Crippen molar-refractivity contribution in [2.24, 2.45) is 12.0 Å². The molecule has 6 nitrogen and oxygen atoms in total. The molecule has 3 aromatic rings. The van der Waals surface area contributed by atoms with E-state index in [0.717, 1.165) is 28.1 Å². The van der Waals surface area contributed by atoms with Gasteiger partial charge in [-0.15, -0.1) is 12.4 Å². The van der Waals surface area contributed by atoms with Gasteiger partial charge >= 0.3 is 5.69 Å². The minimum absolute atomic E-state index is 0. The van der Waals surface area contributed by atoms with Crippen molar-refractivity contribution in [1.82, 2.24) is 9.13 Å². The first-order chi connectivity index (χ1) is 14.3. The number of fused-ring (bicyclic) bond motifs is 3. The van der Waals surface area contributed by atoms with Gasteiger partial charge in [-0.05, 0) is 43.2 Å². The zero-order valence-electron chi connectivity index (χ0n) is 18.7. The summed E-state index contributed by atoms with van der Waals surface area (Å²) < 4.78 is 14.4. The summed E-state index contributed by atoms with van der Waals surface area (Å²) in [4.78, 5) is 18.0. The zero-order chi connectivity index (χ0) is 21.6. The van der Waals surface area contributed by atoms with Gasteiger partial charge in [-0.1, -0.05) is 24.6 Å². The van der Waals surface area contributed by atoms with Crippen LogP contribution in [0.4, 0.5) is 5.69 Å². The number of hydrogen-bond acceptors (Lipinski definition) is 4. The predicted octanol–water partition coefficient (Wildman–Crippen LogP) is 4.26. The largest absolute Gasteiger partial charge is 0.493 e. The Kier molecular flexibility index (Phi) is 6.32. The Bertz CT molecular complexity index is 1270. The van der Waals surface area contributed by atoms with E-state index in [4.69, 9.17) is 14.5 Å². The molecule has 0 aliphatic carbocycles. The minimum Gasteiger partial charge on any atom is -0.493 e. The second kappa shape index (κ2) is 8.63. The third kappa shape index (κ3) is 3.88. The summed E-state index contributed by atoms with van der Waals surface area (Å²) in [6, 6.07) is 12.1. The normalized spacial score (nSPS) is 15.0. The monoisotopic (exact) mass is 441 g/mol. The third-order valence-electron chi connectivity index (χ3n) is 5.82. The fourth-order valence-corrected chi connectivity index (χ4v) is 4.14. The lowest BCUT2D eigenvalue weighted by Crippen LogP contribution is -2.41. The topological polar surface area (TPSA) is 57.8 Å². The van der Waals surface area contributed by atoms with Crippen molar-refractivity contribution in [3.63, 3.8) is 0 Å². The van der Waals surface area contributed by atoms with Crippen LogP contribution in [0.1, 0.15) is 29.5 Å². The molecule has 1 aliphatic rings. The molecule has 0 saturated carbocycles. The fraction of sp³-hybridized carbons (Fsp3) is 0.333. The highest BCUT2D eigenvalue weighted by molar-refractivity contribution is 5.85. The van der Waals surface area contributed by atoms with E-state index in [1.54, 1.807) is 25.8 Å². The van der Waals surface area contributed by atoms with Gasteiger partial charge in [0.15, 0.2) is 11.5 Å². The molecule has 31 heavy (non-hydrogen) atoms. The van der Waals surface area contributed by atoms with Gasteiger partial charge in [0.2, 0.25) is 0 Å². The Morgan fingerprint density at radius 3 is 2.35 bits per heavy atom. The van der Waals surface area contributed by atoms with Gasteiger partial charge in [0.25, 0.3) is 0 Å². The first kappa shape index (κ1) is 22.7. The first-order valence-electron chi connectivity index (χ1n) is 10.0. The Morgan fingerprint density at radius 1 is 1.03 bits per heavy atom. The van der Waals surface area contributed by atoms with Crippen molar-refractivity contribution in [2.45, 2.75) is 33.2 Å². The lowest BCUT2D eigenvalue weighted by molar-refractivity contribution is 0.354. The number of benzene rings is 2. The average molecular weight is 442 g/mol. The Morgan fingerprint density at radius 2 is 1.71 bits per heavy atom. The molecule has 7 heteroatoms. The Balaban J connectivity index is 0.00000272. The van der Waals surface area contributed by atoms with Crippen molar-refractivity contribution in [1.29, 1.82) is 0 Å². The van der Waals surface area contributed by atoms with Crippen molar-refractivity contribution in [3.8, 4) is 22.8 Å². The summed E-state index contributed by atoms with van der Waals surface area (Å²) in [6.07, 6.45) is 0. The van der Waals surface area contributed by atoms with Crippen molar-refractivity contribution < 1.29 is 9.47 Å². The SMILES string of the molecule is COc1cc2c(cc1OC)C(C)Cn1c-2cc(=Nc2ccc(C)cc2C)n(C)c1=O.Cl. The van der Waals surface area contributed by atoms with Crippen LogP contribution in [0, 0.1) is 13.8 Å². The second-order valence-electron chi connectivity index (χ2n) is 7.94. The van der Waals surface area contributed by atoms with Crippen molar-refractivity contribution in [2.75, 3.05) is 14.2 Å². The minimum atomic E-state index is -0.0803. The maximum Gasteiger partial charge on any atom is 0.329 e. The second-order valence-corrected chi connectivity index (χ2v) is 7.94. The lowest BCUT2D eigenvalue weighted by Gasteiger charge is -2.28. The number of rotatable bonds is 3. The summed E-state index contributed by atoms with van der Waals surface area (Å²) in [5.41, 5.74) is 6.61. The molecule has 1 aromatic heterocycles. The van der Waals surface area contributed by atoms with Gasteiger partial charge in [0.05, 0.1) is 25.6 Å². The third-order valence-corrected chi connectivity index (χ3v) is 5.82.